The molecule has 3 aromatic rings. The van der Waals surface area contributed by atoms with Crippen molar-refractivity contribution in [2.24, 2.45) is 11.7 Å². The number of rotatable bonds is 9. The lowest BCUT2D eigenvalue weighted by Gasteiger charge is -2.41. The number of nitrogens with one attached hydrogen (secondary N) is 1. The second-order valence-electron chi connectivity index (χ2n) is 11.5. The molecule has 2 heterocycles. The second kappa shape index (κ2) is 14.4. The molecule has 2 aliphatic heterocycles. The van der Waals surface area contributed by atoms with Crippen molar-refractivity contribution >= 4 is 26.0 Å². The Morgan fingerprint density at radius 2 is 1.51 bits per heavy atom. The lowest BCUT2D eigenvalue weighted by atomic mass is 9.82. The van der Waals surface area contributed by atoms with Crippen molar-refractivity contribution in [2.75, 3.05) is 6.54 Å². The number of nitrogens with two attached hydrogens (primary N) is 1. The molecule has 2 saturated heterocycles. The zero-order valence-corrected chi connectivity index (χ0v) is 26.2. The van der Waals surface area contributed by atoms with Crippen molar-refractivity contribution in [3.63, 3.8) is 0 Å². The predicted molar refractivity (Wildman–Crippen MR) is 162 cm³/mol. The summed E-state index contributed by atoms with van der Waals surface area (Å²) in [6.07, 6.45) is 2.85. The number of hydrogen-bond acceptors (Lipinski definition) is 6. The van der Waals surface area contributed by atoms with Gasteiger partial charge in [0.25, 0.3) is 10.1 Å². The van der Waals surface area contributed by atoms with Gasteiger partial charge >= 0.3 is 0 Å². The highest BCUT2D eigenvalue weighted by molar-refractivity contribution is 7.88. The Hall–Kier alpha value is -3.30. The van der Waals surface area contributed by atoms with Crippen LogP contribution in [0.1, 0.15) is 42.4 Å². The number of nitrogens with zero attached hydrogens (tertiary/aromatic N) is 1. The number of halogens is 3. The van der Waals surface area contributed by atoms with Crippen LogP contribution in [0.15, 0.2) is 71.6 Å². The molecule has 4 atom stereocenters. The summed E-state index contributed by atoms with van der Waals surface area (Å²) in [6.45, 7) is 1.53. The normalized spacial score (nSPS) is 20.3. The number of piperidine rings is 1. The van der Waals surface area contributed by atoms with Crippen molar-refractivity contribution in [1.29, 1.82) is 0 Å². The van der Waals surface area contributed by atoms with Gasteiger partial charge in [-0.25, -0.2) is 26.3 Å². The molecule has 45 heavy (non-hydrogen) atoms. The average molecular weight is 668 g/mol. The number of sulfonamides is 1. The van der Waals surface area contributed by atoms with Crippen LogP contribution < -0.4 is 10.5 Å². The minimum absolute atomic E-state index is 0.0103. The number of hydrogen-bond donors (Lipinski definition) is 3. The maximum absolute atomic E-state index is 14.0. The molecule has 3 aromatic carbocycles. The second-order valence-corrected chi connectivity index (χ2v) is 14.7. The quantitative estimate of drug-likeness (QED) is 0.230. The molecule has 0 unspecified atom stereocenters. The highest BCUT2D eigenvalue weighted by Gasteiger charge is 2.44. The van der Waals surface area contributed by atoms with E-state index in [1.54, 1.807) is 47.4 Å². The maximum atomic E-state index is 14.0. The maximum Gasteiger partial charge on any atom is 0.294 e. The summed E-state index contributed by atoms with van der Waals surface area (Å²) in [5.41, 5.74) is 7.94. The molecule has 244 valence electrons. The number of amides is 1. The van der Waals surface area contributed by atoms with Crippen LogP contribution in [-0.4, -0.2) is 56.9 Å². The first-order valence-electron chi connectivity index (χ1n) is 14.4. The van der Waals surface area contributed by atoms with Gasteiger partial charge in [0.2, 0.25) is 15.9 Å². The summed E-state index contributed by atoms with van der Waals surface area (Å²) >= 11 is 0. The first-order valence-corrected chi connectivity index (χ1v) is 17.5. The summed E-state index contributed by atoms with van der Waals surface area (Å²) in [5, 5.41) is 0. The third-order valence-electron chi connectivity index (χ3n) is 8.17. The molecule has 9 nitrogen and oxygen atoms in total. The number of aryl methyl sites for hydroxylation is 1. The van der Waals surface area contributed by atoms with Crippen LogP contribution in [0, 0.1) is 30.3 Å². The third kappa shape index (κ3) is 9.36. The average Bonchev–Trinajstić information content (AvgIpc) is 3.24. The largest absolute Gasteiger partial charge is 0.336 e. The Morgan fingerprint density at radius 3 is 2.09 bits per heavy atom. The minimum Gasteiger partial charge on any atom is -0.336 e. The smallest absolute Gasteiger partial charge is 0.294 e. The van der Waals surface area contributed by atoms with Crippen molar-refractivity contribution in [3.8, 4) is 0 Å². The fourth-order valence-corrected chi connectivity index (χ4v) is 7.49. The highest BCUT2D eigenvalue weighted by Crippen LogP contribution is 2.40. The Balaban J connectivity index is 0.000000354. The van der Waals surface area contributed by atoms with Crippen LogP contribution in [0.4, 0.5) is 13.2 Å². The van der Waals surface area contributed by atoms with E-state index in [1.165, 1.54) is 12.1 Å². The van der Waals surface area contributed by atoms with Gasteiger partial charge in [0.05, 0.1) is 17.2 Å². The molecular formula is C31H36F3N3O6S2. The molecule has 4 N–H and O–H groups in total. The molecule has 1 amide bonds. The molecule has 0 spiro atoms. The van der Waals surface area contributed by atoms with Gasteiger partial charge in [-0.1, -0.05) is 48.0 Å². The molecule has 0 radical (unpaired) electrons. The van der Waals surface area contributed by atoms with Crippen LogP contribution in [0.2, 0.25) is 0 Å². The van der Waals surface area contributed by atoms with Gasteiger partial charge in [-0.3, -0.25) is 9.35 Å². The molecule has 5 rings (SSSR count). The lowest BCUT2D eigenvalue weighted by Crippen LogP contribution is -2.52. The number of benzene rings is 3. The topological polar surface area (TPSA) is 147 Å². The standard InChI is InChI=1S/C24H28F3N3O3S.C7H8O3S/c25-20-12-22(27)21(26)10-16(20)11-23(28)17-8-18-6-7-19(9-17)30(18)24(31)13-29-34(32,33)14-15-4-2-1-3-5-15;1-6-2-4-7(5-3-6)11(8,9)10/h1-5,10,12,17-19,23,29H,6-9,11,13-14,28H2;2-5H,1H3,(H,8,9,10)/t17-,18-,19+,23-;/m1./s1. The molecule has 2 aliphatic rings. The van der Waals surface area contributed by atoms with E-state index in [9.17, 15) is 34.8 Å². The van der Waals surface area contributed by atoms with Gasteiger partial charge < -0.3 is 10.6 Å². The van der Waals surface area contributed by atoms with E-state index in [-0.39, 0.29) is 53.1 Å². The van der Waals surface area contributed by atoms with E-state index in [0.29, 0.717) is 24.5 Å². The summed E-state index contributed by atoms with van der Waals surface area (Å²) in [7, 11) is -7.68. The molecular weight excluding hydrogens is 631 g/mol. The number of carbonyl (C=O) groups is 1. The SMILES string of the molecule is Cc1ccc(S(=O)(=O)O)cc1.N[C@H](Cc1cc(F)c(F)cc1F)[C@@H]1C[C@H]2CC[C@@H](C1)N2C(=O)CNS(=O)(=O)Cc1ccccc1. The van der Waals surface area contributed by atoms with Gasteiger partial charge in [-0.2, -0.15) is 8.42 Å². The minimum atomic E-state index is -4.02. The summed E-state index contributed by atoms with van der Waals surface area (Å²) < 4.78 is 97.5. The predicted octanol–water partition coefficient (Wildman–Crippen LogP) is 4.10. The number of carbonyl (C=O) groups excluding carboxylic acids is 1. The first-order chi connectivity index (χ1) is 21.1. The Labute approximate surface area is 261 Å². The van der Waals surface area contributed by atoms with Crippen LogP contribution >= 0.6 is 0 Å². The fraction of sp³-hybridized carbons (Fsp3) is 0.387. The summed E-state index contributed by atoms with van der Waals surface area (Å²) in [4.78, 5) is 14.6. The summed E-state index contributed by atoms with van der Waals surface area (Å²) in [6, 6.07) is 15.5. The van der Waals surface area contributed by atoms with E-state index >= 15 is 0 Å². The first kappa shape index (κ1) is 34.6. The lowest BCUT2D eigenvalue weighted by molar-refractivity contribution is -0.135. The van der Waals surface area contributed by atoms with Crippen LogP contribution in [0.5, 0.6) is 0 Å². The highest BCUT2D eigenvalue weighted by atomic mass is 32.2. The molecule has 0 aromatic heterocycles. The Bertz CT molecular complexity index is 1690. The van der Waals surface area contributed by atoms with Gasteiger partial charge in [0, 0.05) is 24.2 Å². The van der Waals surface area contributed by atoms with Gasteiger partial charge in [0.1, 0.15) is 5.82 Å². The van der Waals surface area contributed by atoms with Gasteiger partial charge in [-0.05, 0) is 74.3 Å². The zero-order chi connectivity index (χ0) is 32.9. The van der Waals surface area contributed by atoms with Crippen LogP contribution in [-0.2, 0) is 37.1 Å². The van der Waals surface area contributed by atoms with E-state index in [2.05, 4.69) is 4.72 Å². The van der Waals surface area contributed by atoms with Crippen molar-refractivity contribution in [2.45, 2.75) is 67.8 Å². The fourth-order valence-electron chi connectivity index (χ4n) is 5.93. The summed E-state index contributed by atoms with van der Waals surface area (Å²) in [5.74, 6) is -3.66. The molecule has 0 aliphatic carbocycles. The van der Waals surface area contributed by atoms with Crippen LogP contribution in [0.3, 0.4) is 0 Å². The van der Waals surface area contributed by atoms with E-state index < -0.39 is 43.6 Å². The monoisotopic (exact) mass is 667 g/mol. The Morgan fingerprint density at radius 1 is 0.933 bits per heavy atom. The Kier molecular flexibility index (Phi) is 11.1. The zero-order valence-electron chi connectivity index (χ0n) is 24.6. The number of fused-ring (bicyclic) bond motifs is 2. The molecule has 14 heteroatoms. The van der Waals surface area contributed by atoms with Crippen LogP contribution in [0.25, 0.3) is 0 Å². The van der Waals surface area contributed by atoms with Crippen molar-refractivity contribution in [1.82, 2.24) is 9.62 Å². The van der Waals surface area contributed by atoms with E-state index in [4.69, 9.17) is 10.3 Å². The van der Waals surface area contributed by atoms with Gasteiger partial charge in [0.15, 0.2) is 11.6 Å². The van der Waals surface area contributed by atoms with E-state index in [1.807, 2.05) is 6.92 Å². The molecule has 2 bridgehead atoms. The third-order valence-corrected chi connectivity index (χ3v) is 10.3. The van der Waals surface area contributed by atoms with E-state index in [0.717, 1.165) is 24.5 Å². The molecule has 0 saturated carbocycles. The van der Waals surface area contributed by atoms with Gasteiger partial charge in [-0.15, -0.1) is 0 Å². The van der Waals surface area contributed by atoms with Crippen molar-refractivity contribution < 1.29 is 39.4 Å². The van der Waals surface area contributed by atoms with Crippen molar-refractivity contribution in [3.05, 3.63) is 101 Å². The molecule has 2 fully saturated rings.